The van der Waals surface area contributed by atoms with Gasteiger partial charge in [0.25, 0.3) is 0 Å². The largest absolute Gasteiger partial charge is 0.462 e. The normalized spacial score (nSPS) is 16.0. The van der Waals surface area contributed by atoms with Crippen LogP contribution in [0, 0.1) is 5.92 Å². The molecule has 1 fully saturated rings. The minimum Gasteiger partial charge on any atom is -0.462 e. The molecular weight excluding hydrogens is 452 g/mol. The van der Waals surface area contributed by atoms with Gasteiger partial charge < -0.3 is 15.8 Å². The van der Waals surface area contributed by atoms with Crippen LogP contribution in [0.15, 0.2) is 16.6 Å². The molecule has 3 N–H and O–H groups in total. The summed E-state index contributed by atoms with van der Waals surface area (Å²) < 4.78 is 6.29. The minimum absolute atomic E-state index is 0.172. The standard InChI is InChI=1S/C23H36BrClN2O2/c1-2-27-22(17-11-7-6-8-12-17)19-15-18(16-20(24)21(19)26)23(28)29-14-10-5-3-4-9-13-25/h15-17,22,27H,2-14,26H2,1H3. The maximum absolute atomic E-state index is 12.6. The van der Waals surface area contributed by atoms with Crippen LogP contribution in [0.4, 0.5) is 5.69 Å². The maximum Gasteiger partial charge on any atom is 0.338 e. The van der Waals surface area contributed by atoms with E-state index in [1.807, 2.05) is 6.07 Å². The van der Waals surface area contributed by atoms with Crippen LogP contribution >= 0.6 is 27.5 Å². The zero-order valence-corrected chi connectivity index (χ0v) is 20.0. The van der Waals surface area contributed by atoms with E-state index in [0.29, 0.717) is 18.1 Å². The molecule has 2 rings (SSSR count). The molecule has 0 heterocycles. The van der Waals surface area contributed by atoms with Crippen LogP contribution in [-0.2, 0) is 4.74 Å². The molecule has 0 aliphatic heterocycles. The lowest BCUT2D eigenvalue weighted by molar-refractivity contribution is 0.0497. The molecule has 164 valence electrons. The van der Waals surface area contributed by atoms with E-state index in [1.54, 1.807) is 6.07 Å². The number of halogens is 2. The van der Waals surface area contributed by atoms with E-state index in [1.165, 1.54) is 32.1 Å². The zero-order chi connectivity index (χ0) is 21.1. The fourth-order valence-electron chi connectivity index (χ4n) is 4.21. The molecule has 4 nitrogen and oxygen atoms in total. The van der Waals surface area contributed by atoms with Gasteiger partial charge in [-0.25, -0.2) is 4.79 Å². The van der Waals surface area contributed by atoms with E-state index >= 15 is 0 Å². The third-order valence-corrected chi connectivity index (χ3v) is 6.71. The highest BCUT2D eigenvalue weighted by molar-refractivity contribution is 9.10. The molecule has 29 heavy (non-hydrogen) atoms. The maximum atomic E-state index is 12.6. The Labute approximate surface area is 189 Å². The summed E-state index contributed by atoms with van der Waals surface area (Å²) in [5.41, 5.74) is 8.73. The van der Waals surface area contributed by atoms with Crippen molar-refractivity contribution in [3.63, 3.8) is 0 Å². The van der Waals surface area contributed by atoms with Crippen molar-refractivity contribution in [2.24, 2.45) is 5.92 Å². The molecule has 1 saturated carbocycles. The number of carbonyl (C=O) groups excluding carboxylic acids is 1. The van der Waals surface area contributed by atoms with Crippen LogP contribution in [0.1, 0.15) is 93.1 Å². The quantitative estimate of drug-likeness (QED) is 0.151. The fourth-order valence-corrected chi connectivity index (χ4v) is 4.87. The van der Waals surface area contributed by atoms with Crippen LogP contribution < -0.4 is 11.1 Å². The minimum atomic E-state index is -0.272. The summed E-state index contributed by atoms with van der Waals surface area (Å²) in [6, 6.07) is 3.89. The number of alkyl halides is 1. The third-order valence-electron chi connectivity index (χ3n) is 5.79. The molecule has 1 aromatic rings. The van der Waals surface area contributed by atoms with E-state index in [9.17, 15) is 4.79 Å². The SMILES string of the molecule is CCNC(c1cc(C(=O)OCCCCCCCCl)cc(Br)c1N)C1CCCCC1. The highest BCUT2D eigenvalue weighted by atomic mass is 79.9. The first-order valence-corrected chi connectivity index (χ1v) is 12.5. The highest BCUT2D eigenvalue weighted by Gasteiger charge is 2.27. The van der Waals surface area contributed by atoms with Gasteiger partial charge in [-0.15, -0.1) is 11.6 Å². The number of hydrogen-bond acceptors (Lipinski definition) is 4. The van der Waals surface area contributed by atoms with Crippen molar-refractivity contribution in [1.29, 1.82) is 0 Å². The number of rotatable bonds is 12. The van der Waals surface area contributed by atoms with Crippen LogP contribution in [0.25, 0.3) is 0 Å². The van der Waals surface area contributed by atoms with Crippen LogP contribution in [0.5, 0.6) is 0 Å². The van der Waals surface area contributed by atoms with Crippen LogP contribution in [0.2, 0.25) is 0 Å². The van der Waals surface area contributed by atoms with Crippen LogP contribution in [0.3, 0.4) is 0 Å². The van der Waals surface area contributed by atoms with Crippen molar-refractivity contribution in [3.05, 3.63) is 27.7 Å². The highest BCUT2D eigenvalue weighted by Crippen LogP contribution is 2.39. The molecule has 0 bridgehead atoms. The molecule has 0 aromatic heterocycles. The third kappa shape index (κ3) is 7.76. The Morgan fingerprint density at radius 3 is 2.59 bits per heavy atom. The molecule has 0 radical (unpaired) electrons. The smallest absolute Gasteiger partial charge is 0.338 e. The van der Waals surface area contributed by atoms with Gasteiger partial charge in [-0.3, -0.25) is 0 Å². The van der Waals surface area contributed by atoms with Crippen LogP contribution in [-0.4, -0.2) is 25.0 Å². The van der Waals surface area contributed by atoms with E-state index in [0.717, 1.165) is 60.3 Å². The molecule has 6 heteroatoms. The lowest BCUT2D eigenvalue weighted by Gasteiger charge is -2.32. The Hall–Kier alpha value is -0.780. The monoisotopic (exact) mass is 486 g/mol. The summed E-state index contributed by atoms with van der Waals surface area (Å²) in [5, 5.41) is 3.62. The second-order valence-corrected chi connectivity index (χ2v) is 9.22. The number of unbranched alkanes of at least 4 members (excludes halogenated alkanes) is 4. The summed E-state index contributed by atoms with van der Waals surface area (Å²) in [7, 11) is 0. The van der Waals surface area contributed by atoms with Crippen molar-refractivity contribution in [1.82, 2.24) is 5.32 Å². The first-order valence-electron chi connectivity index (χ1n) is 11.1. The average Bonchev–Trinajstić information content (AvgIpc) is 2.74. The molecule has 1 aromatic carbocycles. The van der Waals surface area contributed by atoms with Gasteiger partial charge in [0.05, 0.1) is 17.9 Å². The van der Waals surface area contributed by atoms with Gasteiger partial charge in [-0.05, 0) is 71.8 Å². The number of nitrogens with two attached hydrogens (primary N) is 1. The Morgan fingerprint density at radius 2 is 1.90 bits per heavy atom. The zero-order valence-electron chi connectivity index (χ0n) is 17.7. The summed E-state index contributed by atoms with van der Waals surface area (Å²) >= 11 is 9.25. The molecule has 1 aliphatic carbocycles. The molecule has 0 saturated heterocycles. The second kappa shape index (κ2) is 13.5. The average molecular weight is 488 g/mol. The predicted octanol–water partition coefficient (Wildman–Crippen LogP) is 6.61. The number of esters is 1. The van der Waals surface area contributed by atoms with E-state index < -0.39 is 0 Å². The summed E-state index contributed by atoms with van der Waals surface area (Å²) in [5.74, 6) is 1.00. The fraction of sp³-hybridized carbons (Fsp3) is 0.696. The Morgan fingerprint density at radius 1 is 1.21 bits per heavy atom. The number of carbonyl (C=O) groups is 1. The van der Waals surface area contributed by atoms with E-state index in [-0.39, 0.29) is 12.0 Å². The topological polar surface area (TPSA) is 64.3 Å². The number of ether oxygens (including phenoxy) is 1. The van der Waals surface area contributed by atoms with E-state index in [4.69, 9.17) is 22.1 Å². The Kier molecular flexibility index (Phi) is 11.4. The molecular formula is C23H36BrClN2O2. The van der Waals surface area contributed by atoms with Gasteiger partial charge in [-0.2, -0.15) is 0 Å². The Balaban J connectivity index is 2.03. The van der Waals surface area contributed by atoms with Gasteiger partial charge in [0, 0.05) is 16.4 Å². The van der Waals surface area contributed by atoms with Crippen molar-refractivity contribution >= 4 is 39.2 Å². The molecule has 1 aliphatic rings. The lowest BCUT2D eigenvalue weighted by Crippen LogP contribution is -2.30. The number of anilines is 1. The van der Waals surface area contributed by atoms with Gasteiger partial charge in [0.15, 0.2) is 0 Å². The van der Waals surface area contributed by atoms with Crippen molar-refractivity contribution in [3.8, 4) is 0 Å². The number of benzene rings is 1. The van der Waals surface area contributed by atoms with Gasteiger partial charge in [0.2, 0.25) is 0 Å². The van der Waals surface area contributed by atoms with E-state index in [2.05, 4.69) is 28.2 Å². The summed E-state index contributed by atoms with van der Waals surface area (Å²) in [6.07, 6.45) is 11.5. The Bertz CT molecular complexity index is 636. The van der Waals surface area contributed by atoms with Crippen molar-refractivity contribution in [2.45, 2.75) is 77.2 Å². The summed E-state index contributed by atoms with van der Waals surface area (Å²) in [4.78, 5) is 12.6. The van der Waals surface area contributed by atoms with Crippen molar-refractivity contribution in [2.75, 3.05) is 24.8 Å². The second-order valence-electron chi connectivity index (χ2n) is 7.99. The molecule has 1 unspecified atom stereocenters. The van der Waals surface area contributed by atoms with Gasteiger partial charge >= 0.3 is 5.97 Å². The predicted molar refractivity (Wildman–Crippen MR) is 126 cm³/mol. The first-order chi connectivity index (χ1) is 14.1. The molecule has 0 spiro atoms. The first kappa shape index (κ1) is 24.5. The molecule has 0 amide bonds. The number of nitrogens with one attached hydrogen (secondary N) is 1. The molecule has 1 atom stereocenters. The van der Waals surface area contributed by atoms with Gasteiger partial charge in [0.1, 0.15) is 0 Å². The van der Waals surface area contributed by atoms with Crippen molar-refractivity contribution < 1.29 is 9.53 Å². The number of hydrogen-bond donors (Lipinski definition) is 2. The number of nitrogen functional groups attached to an aromatic ring is 1. The van der Waals surface area contributed by atoms with Gasteiger partial charge in [-0.1, -0.05) is 45.4 Å². The lowest BCUT2D eigenvalue weighted by atomic mass is 9.80. The summed E-state index contributed by atoms with van der Waals surface area (Å²) in [6.45, 7) is 3.44.